The second-order valence-corrected chi connectivity index (χ2v) is 1.92. The molecule has 0 heterocycles. The van der Waals surface area contributed by atoms with Gasteiger partial charge in [0, 0.05) is 6.61 Å². The Balaban J connectivity index is -0.000000845. The largest absolute Gasteiger partial charge is 2.00 e. The summed E-state index contributed by atoms with van der Waals surface area (Å²) in [5, 5.41) is 0. The van der Waals surface area contributed by atoms with Crippen molar-refractivity contribution in [2.24, 2.45) is 0 Å². The van der Waals surface area contributed by atoms with Crippen molar-refractivity contribution in [1.29, 1.82) is 0 Å². The van der Waals surface area contributed by atoms with Gasteiger partial charge in [-0.05, 0) is 6.61 Å². The van der Waals surface area contributed by atoms with E-state index in [9.17, 15) is 22.4 Å². The second-order valence-electron chi connectivity index (χ2n) is 1.92. The summed E-state index contributed by atoms with van der Waals surface area (Å²) in [5.41, 5.74) is 0. The van der Waals surface area contributed by atoms with Crippen LogP contribution in [0.25, 0.3) is 0 Å². The number of rotatable bonds is 6. The van der Waals surface area contributed by atoms with E-state index in [2.05, 4.69) is 9.47 Å². The molecule has 0 bridgehead atoms. The van der Waals surface area contributed by atoms with Crippen LogP contribution in [0.2, 0.25) is 0 Å². The zero-order valence-electron chi connectivity index (χ0n) is 7.52. The average molecular weight is 708 g/mol. The van der Waals surface area contributed by atoms with Crippen molar-refractivity contribution < 1.29 is 62.9 Å². The van der Waals surface area contributed by atoms with Crippen LogP contribution in [0.5, 0.6) is 0 Å². The minimum atomic E-state index is -4.76. The van der Waals surface area contributed by atoms with E-state index >= 15 is 0 Å². The molecule has 0 N–H and O–H groups in total. The van der Waals surface area contributed by atoms with Gasteiger partial charge in [0.25, 0.3) is 6.18 Å². The Hall–Kier alpha value is -1.06. The zero-order valence-corrected chi connectivity index (χ0v) is 14.1. The molecule has 96 valence electrons. The molecule has 0 aromatic heterocycles. The van der Waals surface area contributed by atoms with Crippen LogP contribution in [0.1, 0.15) is 0 Å². The third-order valence-corrected chi connectivity index (χ3v) is 0.996. The molecule has 0 radical (unpaired) electrons. The fourth-order valence-corrected chi connectivity index (χ4v) is 0.474. The summed E-state index contributed by atoms with van der Waals surface area (Å²) in [5.74, 6) is 0. The Morgan fingerprint density at radius 2 is 1.94 bits per heavy atom. The maximum atomic E-state index is 12.0. The molecule has 9 heteroatoms. The Morgan fingerprint density at radius 3 is 2.31 bits per heavy atom. The Bertz CT molecular complexity index is 201. The molecule has 0 atom stereocenters. The minimum absolute atomic E-state index is 0. The van der Waals surface area contributed by atoms with Gasteiger partial charge in [-0.1, -0.05) is 12.6 Å². The minimum Gasteiger partial charge on any atom is -0.675 e. The van der Waals surface area contributed by atoms with Gasteiger partial charge in [0.1, 0.15) is 0 Å². The first-order valence-electron chi connectivity index (χ1n) is 3.25. The quantitative estimate of drug-likeness (QED) is 0.310. The van der Waals surface area contributed by atoms with E-state index in [1.807, 2.05) is 0 Å². The summed E-state index contributed by atoms with van der Waals surface area (Å²) in [6.45, 7) is -0.925. The van der Waals surface area contributed by atoms with E-state index in [0.29, 0.717) is 6.08 Å². The summed E-state index contributed by atoms with van der Waals surface area (Å²) in [4.78, 5) is 9.50. The molecule has 0 unspecified atom stereocenters. The van der Waals surface area contributed by atoms with E-state index in [0.717, 1.165) is 12.8 Å². The molecule has 0 aliphatic rings. The maximum Gasteiger partial charge on any atom is 2.00 e. The number of hydrogen-bond acceptors (Lipinski definition) is 3. The van der Waals surface area contributed by atoms with Crippen molar-refractivity contribution in [1.82, 2.24) is 0 Å². The Kier molecular flexibility index (Phi) is 13.3. The first kappa shape index (κ1) is 20.4. The van der Waals surface area contributed by atoms with Crippen molar-refractivity contribution in [2.75, 3.05) is 13.2 Å². The molecular formula is C7H5F4FmO3U-. The predicted octanol–water partition coefficient (Wildman–Crippen LogP) is 1.47. The number of hydrogen-bond donors (Lipinski definition) is 0. The third kappa shape index (κ3) is 9.50. The van der Waals surface area contributed by atoms with Gasteiger partial charge in [-0.25, -0.2) is 19.2 Å². The first-order valence-corrected chi connectivity index (χ1v) is 3.25. The fraction of sp³-hybridized carbons (Fsp3) is 0.429. The molecule has 0 saturated carbocycles. The molecule has 0 aliphatic heterocycles. The van der Waals surface area contributed by atoms with Crippen LogP contribution in [0.3, 0.4) is 0 Å². The van der Waals surface area contributed by atoms with Crippen LogP contribution >= 0.6 is 0 Å². The average Bonchev–Trinajstić information content (AvgIpc) is 2.09. The number of halogens is 4. The molecule has 3 nitrogen and oxygen atoms in total. The summed E-state index contributed by atoms with van der Waals surface area (Å²) in [7, 11) is 0. The molecule has 0 amide bonds. The Labute approximate surface area is 107 Å². The number of ether oxygens (including phenoxy) is 2. The molecule has 0 spiro atoms. The van der Waals surface area contributed by atoms with E-state index in [-0.39, 0.29) is 31.1 Å². The molecule has 0 fully saturated rings. The number of carbonyl (C=O) groups excluding carboxylic acids is 1. The van der Waals surface area contributed by atoms with E-state index in [4.69, 9.17) is 0 Å². The van der Waals surface area contributed by atoms with Crippen molar-refractivity contribution in [3.05, 3.63) is 18.5 Å². The van der Waals surface area contributed by atoms with Crippen LogP contribution in [0.4, 0.5) is 17.6 Å². The molecule has 0 aromatic carbocycles. The standard InChI is InChI=1S/C7H5F4O3.Fm.U/c8-2-1-3-14-6(4-13-5-12)7(9,10)11;;/h1H,3-4H2;;/q-3;;+2. The van der Waals surface area contributed by atoms with Crippen LogP contribution in [-0.2, 0) is 14.3 Å². The van der Waals surface area contributed by atoms with Crippen molar-refractivity contribution >= 4 is 6.47 Å². The first-order chi connectivity index (χ1) is 6.52. The zero-order chi connectivity index (χ0) is 11.0. The van der Waals surface area contributed by atoms with Gasteiger partial charge in [0.05, 0.1) is 0 Å². The van der Waals surface area contributed by atoms with Crippen molar-refractivity contribution in [3.63, 3.8) is 0 Å². The van der Waals surface area contributed by atoms with E-state index in [1.54, 1.807) is 0 Å². The molecule has 0 saturated heterocycles. The van der Waals surface area contributed by atoms with Gasteiger partial charge in [-0.2, -0.15) is 0 Å². The predicted molar refractivity (Wildman–Crippen MR) is 35.8 cm³/mol. The van der Waals surface area contributed by atoms with E-state index < -0.39 is 25.5 Å². The van der Waals surface area contributed by atoms with Crippen molar-refractivity contribution in [3.8, 4) is 0 Å². The van der Waals surface area contributed by atoms with Crippen LogP contribution < -0.4 is 0 Å². The van der Waals surface area contributed by atoms with E-state index in [1.165, 1.54) is 0 Å². The van der Waals surface area contributed by atoms with Gasteiger partial charge in [-0.3, -0.25) is 0 Å². The third-order valence-electron chi connectivity index (χ3n) is 0.996. The molecule has 16 heavy (non-hydrogen) atoms. The summed E-state index contributed by atoms with van der Waals surface area (Å²) < 4.78 is 55.0. The van der Waals surface area contributed by atoms with Crippen LogP contribution in [-0.4, -0.2) is 25.9 Å². The van der Waals surface area contributed by atoms with Crippen molar-refractivity contribution in [2.45, 2.75) is 6.18 Å². The molecule has 0 rings (SSSR count). The molecule has 0 aromatic rings. The summed E-state index contributed by atoms with van der Waals surface area (Å²) >= 11 is 0. The molecular weight excluding hydrogens is 703 g/mol. The van der Waals surface area contributed by atoms with Gasteiger partial charge in [0.2, 0.25) is 0 Å². The maximum absolute atomic E-state index is 12.0. The molecule has 0 aliphatic carbocycles. The smallest absolute Gasteiger partial charge is 0.675 e. The Morgan fingerprint density at radius 1 is 1.38 bits per heavy atom. The summed E-state index contributed by atoms with van der Waals surface area (Å²) in [6, 6.07) is 0. The normalized spacial score (nSPS) is 10.8. The van der Waals surface area contributed by atoms with Crippen LogP contribution in [0, 0.1) is 43.5 Å². The second kappa shape index (κ2) is 10.5. The SMILES string of the molecule is O=[C-]OC[C-](OCC=[C-]F)C(F)(F)F.[Fm].[U+2]. The summed E-state index contributed by atoms with van der Waals surface area (Å²) in [6.07, 6.45) is -4.61. The monoisotopic (exact) mass is 708 g/mol. The van der Waals surface area contributed by atoms with Gasteiger partial charge >= 0.3 is 31.1 Å². The topological polar surface area (TPSA) is 35.5 Å². The fourth-order valence-electron chi connectivity index (χ4n) is 0.474. The van der Waals surface area contributed by atoms with Gasteiger partial charge in [-0.15, -0.1) is 0 Å². The van der Waals surface area contributed by atoms with Crippen LogP contribution in [0.15, 0.2) is 6.08 Å². The van der Waals surface area contributed by atoms with Gasteiger partial charge in [0.15, 0.2) is 0 Å². The number of alkyl halides is 3. The van der Waals surface area contributed by atoms with Gasteiger partial charge < -0.3 is 25.0 Å².